The summed E-state index contributed by atoms with van der Waals surface area (Å²) in [6, 6.07) is 5.50. The summed E-state index contributed by atoms with van der Waals surface area (Å²) in [6.07, 6.45) is 0. The first kappa shape index (κ1) is 13.1. The quantitative estimate of drug-likeness (QED) is 0.801. The zero-order valence-corrected chi connectivity index (χ0v) is 10.9. The van der Waals surface area contributed by atoms with Gasteiger partial charge in [-0.3, -0.25) is 0 Å². The van der Waals surface area contributed by atoms with Crippen LogP contribution in [0.2, 0.25) is 0 Å². The van der Waals surface area contributed by atoms with Gasteiger partial charge in [-0.2, -0.15) is 17.0 Å². The standard InChI is InChI=1S/C12H18N2OS/c1-12(2,3)16-7-6-14-9-11-5-4-10(8-13)15-11/h4-5,14H,6-7,9H2,1-3H3. The van der Waals surface area contributed by atoms with Gasteiger partial charge in [0.1, 0.15) is 11.8 Å². The predicted octanol–water partition coefficient (Wildman–Crippen LogP) is 2.77. The molecule has 0 aliphatic carbocycles. The number of thioether (sulfide) groups is 1. The molecule has 0 atom stereocenters. The summed E-state index contributed by atoms with van der Waals surface area (Å²) in [7, 11) is 0. The Kier molecular flexibility index (Phi) is 4.91. The number of rotatable bonds is 5. The number of furan rings is 1. The van der Waals surface area contributed by atoms with E-state index in [0.29, 0.717) is 17.1 Å². The van der Waals surface area contributed by atoms with Crippen LogP contribution in [-0.4, -0.2) is 17.0 Å². The lowest BCUT2D eigenvalue weighted by atomic mass is 10.3. The third kappa shape index (κ3) is 5.24. The molecule has 0 saturated carbocycles. The van der Waals surface area contributed by atoms with Crippen LogP contribution in [0.3, 0.4) is 0 Å². The molecule has 0 bridgehead atoms. The van der Waals surface area contributed by atoms with E-state index in [-0.39, 0.29) is 0 Å². The molecule has 3 nitrogen and oxygen atoms in total. The molecule has 1 N–H and O–H groups in total. The molecule has 0 amide bonds. The van der Waals surface area contributed by atoms with Crippen molar-refractivity contribution in [1.29, 1.82) is 5.26 Å². The van der Waals surface area contributed by atoms with E-state index in [1.807, 2.05) is 23.9 Å². The summed E-state index contributed by atoms with van der Waals surface area (Å²) in [6.45, 7) is 8.27. The molecule has 1 aromatic heterocycles. The summed E-state index contributed by atoms with van der Waals surface area (Å²) in [4.78, 5) is 0. The highest BCUT2D eigenvalue weighted by Crippen LogP contribution is 2.22. The predicted molar refractivity (Wildman–Crippen MR) is 67.3 cm³/mol. The molecule has 1 rings (SSSR count). The molecule has 88 valence electrons. The minimum atomic E-state index is 0.320. The van der Waals surface area contributed by atoms with E-state index in [9.17, 15) is 0 Å². The largest absolute Gasteiger partial charge is 0.449 e. The van der Waals surface area contributed by atoms with Crippen LogP contribution in [0.15, 0.2) is 16.5 Å². The Morgan fingerprint density at radius 1 is 1.44 bits per heavy atom. The van der Waals surface area contributed by atoms with Crippen LogP contribution in [0.4, 0.5) is 0 Å². The molecule has 0 radical (unpaired) electrons. The van der Waals surface area contributed by atoms with Crippen molar-refractivity contribution < 1.29 is 4.42 Å². The van der Waals surface area contributed by atoms with Crippen LogP contribution in [0.25, 0.3) is 0 Å². The van der Waals surface area contributed by atoms with Gasteiger partial charge in [-0.1, -0.05) is 20.8 Å². The van der Waals surface area contributed by atoms with E-state index in [1.54, 1.807) is 6.07 Å². The highest BCUT2D eigenvalue weighted by atomic mass is 32.2. The van der Waals surface area contributed by atoms with Crippen molar-refractivity contribution in [3.63, 3.8) is 0 Å². The van der Waals surface area contributed by atoms with E-state index in [4.69, 9.17) is 9.68 Å². The van der Waals surface area contributed by atoms with Crippen molar-refractivity contribution in [2.75, 3.05) is 12.3 Å². The first-order valence-corrected chi connectivity index (χ1v) is 6.33. The number of nitrogens with zero attached hydrogens (tertiary/aromatic N) is 1. The van der Waals surface area contributed by atoms with Gasteiger partial charge in [-0.25, -0.2) is 0 Å². The van der Waals surface area contributed by atoms with Gasteiger partial charge >= 0.3 is 0 Å². The second kappa shape index (κ2) is 5.97. The number of hydrogen-bond donors (Lipinski definition) is 1. The topological polar surface area (TPSA) is 49.0 Å². The second-order valence-electron chi connectivity index (χ2n) is 4.52. The second-order valence-corrected chi connectivity index (χ2v) is 6.44. The van der Waals surface area contributed by atoms with E-state index < -0.39 is 0 Å². The zero-order chi connectivity index (χ0) is 12.0. The SMILES string of the molecule is CC(C)(C)SCCNCc1ccc(C#N)o1. The number of nitriles is 1. The third-order valence-corrected chi connectivity index (χ3v) is 3.16. The van der Waals surface area contributed by atoms with Gasteiger partial charge in [0, 0.05) is 17.0 Å². The molecule has 1 aromatic rings. The molecule has 4 heteroatoms. The fraction of sp³-hybridized carbons (Fsp3) is 0.583. The van der Waals surface area contributed by atoms with Gasteiger partial charge in [0.25, 0.3) is 0 Å². The smallest absolute Gasteiger partial charge is 0.203 e. The van der Waals surface area contributed by atoms with Crippen molar-refractivity contribution in [3.05, 3.63) is 23.7 Å². The van der Waals surface area contributed by atoms with Gasteiger partial charge in [-0.05, 0) is 12.1 Å². The molecule has 1 heterocycles. The summed E-state index contributed by atoms with van der Waals surface area (Å²) < 4.78 is 5.57. The maximum absolute atomic E-state index is 8.58. The fourth-order valence-electron chi connectivity index (χ4n) is 1.17. The monoisotopic (exact) mass is 238 g/mol. The van der Waals surface area contributed by atoms with Crippen molar-refractivity contribution in [1.82, 2.24) is 5.32 Å². The van der Waals surface area contributed by atoms with Crippen molar-refractivity contribution >= 4 is 11.8 Å². The third-order valence-electron chi connectivity index (χ3n) is 1.88. The molecule has 16 heavy (non-hydrogen) atoms. The molecular formula is C12H18N2OS. The highest BCUT2D eigenvalue weighted by Gasteiger charge is 2.09. The summed E-state index contributed by atoms with van der Waals surface area (Å²) >= 11 is 1.93. The van der Waals surface area contributed by atoms with E-state index in [0.717, 1.165) is 18.1 Å². The van der Waals surface area contributed by atoms with Gasteiger partial charge in [0.15, 0.2) is 0 Å². The molecule has 0 aliphatic heterocycles. The average Bonchev–Trinajstić information content (AvgIpc) is 2.63. The van der Waals surface area contributed by atoms with E-state index >= 15 is 0 Å². The number of nitrogens with one attached hydrogen (secondary N) is 1. The van der Waals surface area contributed by atoms with Gasteiger partial charge in [0.2, 0.25) is 5.76 Å². The van der Waals surface area contributed by atoms with Gasteiger partial charge in [-0.15, -0.1) is 0 Å². The van der Waals surface area contributed by atoms with Crippen LogP contribution in [0.1, 0.15) is 32.3 Å². The molecule has 0 unspecified atom stereocenters. The van der Waals surface area contributed by atoms with E-state index in [2.05, 4.69) is 26.1 Å². The Hall–Kier alpha value is -0.920. The normalized spacial score (nSPS) is 11.4. The first-order chi connectivity index (χ1) is 7.51. The Balaban J connectivity index is 2.14. The van der Waals surface area contributed by atoms with Gasteiger partial charge in [0.05, 0.1) is 6.54 Å². The summed E-state index contributed by atoms with van der Waals surface area (Å²) in [5.41, 5.74) is 0. The minimum absolute atomic E-state index is 0.320. The van der Waals surface area contributed by atoms with Gasteiger partial charge < -0.3 is 9.73 Å². The molecular weight excluding hydrogens is 220 g/mol. The molecule has 0 saturated heterocycles. The van der Waals surface area contributed by atoms with Crippen LogP contribution >= 0.6 is 11.8 Å². The van der Waals surface area contributed by atoms with Crippen molar-refractivity contribution in [2.45, 2.75) is 32.1 Å². The minimum Gasteiger partial charge on any atom is -0.449 e. The summed E-state index contributed by atoms with van der Waals surface area (Å²) in [5, 5.41) is 11.9. The molecule has 0 aliphatic rings. The Morgan fingerprint density at radius 2 is 2.19 bits per heavy atom. The maximum atomic E-state index is 8.58. The fourth-order valence-corrected chi connectivity index (χ4v) is 2.03. The van der Waals surface area contributed by atoms with Crippen molar-refractivity contribution in [2.24, 2.45) is 0 Å². The van der Waals surface area contributed by atoms with Crippen LogP contribution in [0.5, 0.6) is 0 Å². The molecule has 0 fully saturated rings. The lowest BCUT2D eigenvalue weighted by Gasteiger charge is -2.17. The lowest BCUT2D eigenvalue weighted by molar-refractivity contribution is 0.478. The maximum Gasteiger partial charge on any atom is 0.203 e. The van der Waals surface area contributed by atoms with Crippen molar-refractivity contribution in [3.8, 4) is 6.07 Å². The highest BCUT2D eigenvalue weighted by molar-refractivity contribution is 8.00. The first-order valence-electron chi connectivity index (χ1n) is 5.35. The van der Waals surface area contributed by atoms with Crippen LogP contribution in [0, 0.1) is 11.3 Å². The molecule has 0 spiro atoms. The Bertz CT molecular complexity index is 360. The number of hydrogen-bond acceptors (Lipinski definition) is 4. The average molecular weight is 238 g/mol. The van der Waals surface area contributed by atoms with Crippen LogP contribution in [-0.2, 0) is 6.54 Å². The van der Waals surface area contributed by atoms with E-state index in [1.165, 1.54) is 0 Å². The molecule has 0 aromatic carbocycles. The Labute approximate surface area is 101 Å². The Morgan fingerprint density at radius 3 is 2.75 bits per heavy atom. The van der Waals surface area contributed by atoms with Crippen LogP contribution < -0.4 is 5.32 Å². The summed E-state index contributed by atoms with van der Waals surface area (Å²) in [5.74, 6) is 2.27. The lowest BCUT2D eigenvalue weighted by Crippen LogP contribution is -2.19. The zero-order valence-electron chi connectivity index (χ0n) is 10.0.